The van der Waals surface area contributed by atoms with Gasteiger partial charge in [-0.1, -0.05) is 24.6 Å². The monoisotopic (exact) mass is 464 g/mol. The van der Waals surface area contributed by atoms with Gasteiger partial charge < -0.3 is 5.32 Å². The van der Waals surface area contributed by atoms with Crippen LogP contribution in [0, 0.1) is 5.82 Å². The molecular weight excluding hydrogens is 439 g/mol. The quantitative estimate of drug-likeness (QED) is 0.477. The van der Waals surface area contributed by atoms with Crippen molar-refractivity contribution in [3.8, 4) is 0 Å². The van der Waals surface area contributed by atoms with Crippen LogP contribution >= 0.6 is 11.8 Å². The number of sulfonamides is 1. The summed E-state index contributed by atoms with van der Waals surface area (Å²) in [6.45, 7) is 2.60. The molecule has 9 heteroatoms. The van der Waals surface area contributed by atoms with Crippen molar-refractivity contribution in [3.05, 3.63) is 59.4 Å². The Kier molecular flexibility index (Phi) is 7.85. The minimum Gasteiger partial charge on any atom is -0.351 e. The van der Waals surface area contributed by atoms with Crippen LogP contribution in [0.5, 0.6) is 0 Å². The standard InChI is InChI=1S/C22H25FN2O4S2/c1-16(26)18-8-9-21(20(23)13-18)30-15-22(27)24-14-17-6-5-7-19(12-17)31(28,29)25-10-3-2-4-11-25/h5-9,12-13H,2-4,10-11,14-15H2,1H3,(H,24,27). The molecule has 2 aromatic carbocycles. The van der Waals surface area contributed by atoms with E-state index < -0.39 is 15.8 Å². The third-order valence-corrected chi connectivity index (χ3v) is 7.98. The van der Waals surface area contributed by atoms with E-state index in [-0.39, 0.29) is 39.3 Å². The fraction of sp³-hybridized carbons (Fsp3) is 0.364. The zero-order valence-electron chi connectivity index (χ0n) is 17.3. The largest absolute Gasteiger partial charge is 0.351 e. The number of carbonyl (C=O) groups excluding carboxylic acids is 2. The fourth-order valence-corrected chi connectivity index (χ4v) is 5.64. The molecule has 0 atom stereocenters. The molecule has 0 spiro atoms. The number of halogens is 1. The predicted octanol–water partition coefficient (Wildman–Crippen LogP) is 3.61. The Labute approximate surface area is 186 Å². The molecular formula is C22H25FN2O4S2. The van der Waals surface area contributed by atoms with Crippen molar-refractivity contribution >= 4 is 33.5 Å². The summed E-state index contributed by atoms with van der Waals surface area (Å²) in [5.74, 6) is -1.06. The summed E-state index contributed by atoms with van der Waals surface area (Å²) in [5, 5.41) is 2.73. The number of nitrogens with zero attached hydrogens (tertiary/aromatic N) is 1. The average molecular weight is 465 g/mol. The van der Waals surface area contributed by atoms with Gasteiger partial charge >= 0.3 is 0 Å². The zero-order valence-corrected chi connectivity index (χ0v) is 18.9. The SMILES string of the molecule is CC(=O)c1ccc(SCC(=O)NCc2cccc(S(=O)(=O)N3CCCCC3)c2)c(F)c1. The number of benzene rings is 2. The lowest BCUT2D eigenvalue weighted by molar-refractivity contribution is -0.118. The van der Waals surface area contributed by atoms with Gasteiger partial charge in [-0.2, -0.15) is 4.31 Å². The highest BCUT2D eigenvalue weighted by molar-refractivity contribution is 8.00. The second-order valence-corrected chi connectivity index (χ2v) is 10.3. The number of hydrogen-bond acceptors (Lipinski definition) is 5. The molecule has 0 saturated carbocycles. The molecule has 1 amide bonds. The molecule has 1 saturated heterocycles. The minimum absolute atomic E-state index is 0.00209. The third kappa shape index (κ3) is 6.15. The maximum Gasteiger partial charge on any atom is 0.243 e. The van der Waals surface area contributed by atoms with Crippen molar-refractivity contribution in [2.75, 3.05) is 18.8 Å². The van der Waals surface area contributed by atoms with Gasteiger partial charge in [-0.05, 0) is 49.6 Å². The van der Waals surface area contributed by atoms with E-state index in [9.17, 15) is 22.4 Å². The maximum absolute atomic E-state index is 14.1. The van der Waals surface area contributed by atoms with Crippen LogP contribution in [0.4, 0.5) is 4.39 Å². The molecule has 0 bridgehead atoms. The van der Waals surface area contributed by atoms with Gasteiger partial charge in [0.1, 0.15) is 5.82 Å². The molecule has 1 aliphatic rings. The summed E-state index contributed by atoms with van der Waals surface area (Å²) in [6, 6.07) is 10.7. The van der Waals surface area contributed by atoms with Gasteiger partial charge in [0.2, 0.25) is 15.9 Å². The van der Waals surface area contributed by atoms with Crippen LogP contribution < -0.4 is 5.32 Å². The highest BCUT2D eigenvalue weighted by atomic mass is 32.2. The van der Waals surface area contributed by atoms with Crippen LogP contribution in [0.2, 0.25) is 0 Å². The van der Waals surface area contributed by atoms with Gasteiger partial charge in [-0.15, -0.1) is 11.8 Å². The van der Waals surface area contributed by atoms with Gasteiger partial charge in [0.15, 0.2) is 5.78 Å². The molecule has 1 aliphatic heterocycles. The van der Waals surface area contributed by atoms with Crippen molar-refractivity contribution in [1.82, 2.24) is 9.62 Å². The number of rotatable bonds is 8. The highest BCUT2D eigenvalue weighted by Gasteiger charge is 2.25. The first-order valence-electron chi connectivity index (χ1n) is 10.1. The number of carbonyl (C=O) groups is 2. The Hall–Kier alpha value is -2.23. The summed E-state index contributed by atoms with van der Waals surface area (Å²) in [5.41, 5.74) is 0.958. The number of Topliss-reactive ketones (excluding diaryl/α,β-unsaturated/α-hetero) is 1. The molecule has 6 nitrogen and oxygen atoms in total. The molecule has 1 N–H and O–H groups in total. The molecule has 166 valence electrons. The highest BCUT2D eigenvalue weighted by Crippen LogP contribution is 2.23. The van der Waals surface area contributed by atoms with E-state index in [2.05, 4.69) is 5.32 Å². The second kappa shape index (κ2) is 10.4. The summed E-state index contributed by atoms with van der Waals surface area (Å²) in [7, 11) is -3.53. The lowest BCUT2D eigenvalue weighted by atomic mass is 10.1. The first-order chi connectivity index (χ1) is 14.8. The van der Waals surface area contributed by atoms with E-state index in [1.165, 1.54) is 23.4 Å². The topological polar surface area (TPSA) is 83.5 Å². The fourth-order valence-electron chi connectivity index (χ4n) is 3.30. The van der Waals surface area contributed by atoms with Crippen LogP contribution in [0.25, 0.3) is 0 Å². The summed E-state index contributed by atoms with van der Waals surface area (Å²) in [4.78, 5) is 24.0. The Balaban J connectivity index is 1.56. The number of piperidine rings is 1. The van der Waals surface area contributed by atoms with E-state index in [4.69, 9.17) is 0 Å². The van der Waals surface area contributed by atoms with Gasteiger partial charge in [-0.3, -0.25) is 9.59 Å². The molecule has 1 fully saturated rings. The van der Waals surface area contributed by atoms with Crippen LogP contribution in [-0.4, -0.2) is 43.3 Å². The summed E-state index contributed by atoms with van der Waals surface area (Å²) in [6.07, 6.45) is 2.77. The van der Waals surface area contributed by atoms with Crippen molar-refractivity contribution in [1.29, 1.82) is 0 Å². The van der Waals surface area contributed by atoms with Crippen LogP contribution in [-0.2, 0) is 21.4 Å². The van der Waals surface area contributed by atoms with Crippen LogP contribution in [0.15, 0.2) is 52.3 Å². The van der Waals surface area contributed by atoms with E-state index in [0.29, 0.717) is 18.7 Å². The van der Waals surface area contributed by atoms with E-state index in [0.717, 1.165) is 37.1 Å². The zero-order chi connectivity index (χ0) is 22.4. The number of nitrogens with one attached hydrogen (secondary N) is 1. The molecule has 0 unspecified atom stereocenters. The second-order valence-electron chi connectivity index (χ2n) is 7.38. The molecule has 0 radical (unpaired) electrons. The number of hydrogen-bond donors (Lipinski definition) is 1. The molecule has 1 heterocycles. The maximum atomic E-state index is 14.1. The van der Waals surface area contributed by atoms with Crippen molar-refractivity contribution in [3.63, 3.8) is 0 Å². The molecule has 0 aliphatic carbocycles. The van der Waals surface area contributed by atoms with Gasteiger partial charge in [-0.25, -0.2) is 12.8 Å². The first kappa shape index (κ1) is 23.4. The summed E-state index contributed by atoms with van der Waals surface area (Å²) >= 11 is 1.04. The van der Waals surface area contributed by atoms with Crippen LogP contribution in [0.1, 0.15) is 42.1 Å². The van der Waals surface area contributed by atoms with E-state index in [1.54, 1.807) is 24.3 Å². The van der Waals surface area contributed by atoms with Crippen molar-refractivity contribution in [2.24, 2.45) is 0 Å². The average Bonchev–Trinajstić information content (AvgIpc) is 2.77. The minimum atomic E-state index is -3.53. The number of amides is 1. The van der Waals surface area contributed by atoms with Gasteiger partial charge in [0, 0.05) is 30.1 Å². The van der Waals surface area contributed by atoms with Gasteiger partial charge in [0.25, 0.3) is 0 Å². The number of ketones is 1. The van der Waals surface area contributed by atoms with Crippen molar-refractivity contribution in [2.45, 2.75) is 42.5 Å². The normalized spacial score (nSPS) is 14.9. The van der Waals surface area contributed by atoms with E-state index >= 15 is 0 Å². The molecule has 2 aromatic rings. The van der Waals surface area contributed by atoms with Crippen molar-refractivity contribution < 1.29 is 22.4 Å². The predicted molar refractivity (Wildman–Crippen MR) is 118 cm³/mol. The van der Waals surface area contributed by atoms with Gasteiger partial charge in [0.05, 0.1) is 10.6 Å². The smallest absolute Gasteiger partial charge is 0.243 e. The lowest BCUT2D eigenvalue weighted by Gasteiger charge is -2.26. The molecule has 3 rings (SSSR count). The molecule has 0 aromatic heterocycles. The Morgan fingerprint density at radius 3 is 2.52 bits per heavy atom. The number of thioether (sulfide) groups is 1. The van der Waals surface area contributed by atoms with E-state index in [1.807, 2.05) is 0 Å². The first-order valence-corrected chi connectivity index (χ1v) is 12.5. The van der Waals surface area contributed by atoms with Crippen LogP contribution in [0.3, 0.4) is 0 Å². The Bertz CT molecular complexity index is 1070. The lowest BCUT2D eigenvalue weighted by Crippen LogP contribution is -2.35. The third-order valence-electron chi connectivity index (χ3n) is 5.04. The summed E-state index contributed by atoms with van der Waals surface area (Å²) < 4.78 is 41.2. The Morgan fingerprint density at radius 1 is 1.10 bits per heavy atom. The molecule has 31 heavy (non-hydrogen) atoms. The Morgan fingerprint density at radius 2 is 1.84 bits per heavy atom.